The highest BCUT2D eigenvalue weighted by Gasteiger charge is 2.28. The van der Waals surface area contributed by atoms with Crippen LogP contribution in [0.4, 0.5) is 5.69 Å². The average Bonchev–Trinajstić information content (AvgIpc) is 3.32. The minimum absolute atomic E-state index is 0.104. The fraction of sp³-hybridized carbons (Fsp3) is 0.429. The van der Waals surface area contributed by atoms with Gasteiger partial charge in [-0.1, -0.05) is 29.5 Å². The molecule has 1 saturated heterocycles. The van der Waals surface area contributed by atoms with Crippen LogP contribution in [0.25, 0.3) is 0 Å². The van der Waals surface area contributed by atoms with Gasteiger partial charge in [0, 0.05) is 18.7 Å². The fourth-order valence-corrected chi connectivity index (χ4v) is 5.24. The quantitative estimate of drug-likeness (QED) is 0.476. The van der Waals surface area contributed by atoms with Crippen LogP contribution in [-0.2, 0) is 11.3 Å². The first kappa shape index (κ1) is 24.8. The Bertz CT molecular complexity index is 1230. The summed E-state index contributed by atoms with van der Waals surface area (Å²) in [4.78, 5) is 25.9. The van der Waals surface area contributed by atoms with Crippen molar-refractivity contribution in [3.8, 4) is 11.6 Å². The number of carboxylic acid groups (broad SMARTS) is 1. The number of rotatable bonds is 8. The van der Waals surface area contributed by atoms with Gasteiger partial charge in [-0.2, -0.15) is 0 Å². The lowest BCUT2D eigenvalue weighted by molar-refractivity contribution is -0.119. The molecule has 0 unspecified atom stereocenters. The molecule has 2 heterocycles. The third-order valence-corrected chi connectivity index (χ3v) is 7.34. The van der Waals surface area contributed by atoms with E-state index in [0.29, 0.717) is 18.9 Å². The molecule has 37 heavy (non-hydrogen) atoms. The number of aromatic nitrogens is 3. The molecule has 1 aromatic heterocycles. The first-order chi connectivity index (χ1) is 18.0. The maximum absolute atomic E-state index is 12.2. The molecular formula is C28H32N4O5. The molecule has 0 spiro atoms. The molecular weight excluding hydrogens is 472 g/mol. The highest BCUT2D eigenvalue weighted by atomic mass is 16.5. The zero-order valence-electron chi connectivity index (χ0n) is 21.0. The molecule has 3 aromatic rings. The highest BCUT2D eigenvalue weighted by molar-refractivity contribution is 5.94. The number of hydrogen-bond acceptors (Lipinski definition) is 6. The van der Waals surface area contributed by atoms with Gasteiger partial charge < -0.3 is 19.5 Å². The van der Waals surface area contributed by atoms with Gasteiger partial charge >= 0.3 is 5.97 Å². The summed E-state index contributed by atoms with van der Waals surface area (Å²) in [5, 5.41) is 17.5. The van der Waals surface area contributed by atoms with E-state index < -0.39 is 5.97 Å². The van der Waals surface area contributed by atoms with E-state index in [2.05, 4.69) is 34.6 Å². The van der Waals surface area contributed by atoms with E-state index in [4.69, 9.17) is 9.47 Å². The topological polar surface area (TPSA) is 107 Å². The van der Waals surface area contributed by atoms with Crippen molar-refractivity contribution < 1.29 is 24.2 Å². The summed E-state index contributed by atoms with van der Waals surface area (Å²) in [5.41, 5.74) is 3.01. The average molecular weight is 505 g/mol. The number of methoxy groups -OCH3 is 1. The van der Waals surface area contributed by atoms with Gasteiger partial charge in [-0.3, -0.25) is 4.79 Å². The predicted molar refractivity (Wildman–Crippen MR) is 137 cm³/mol. The predicted octanol–water partition coefficient (Wildman–Crippen LogP) is 4.66. The first-order valence-corrected chi connectivity index (χ1v) is 12.9. The summed E-state index contributed by atoms with van der Waals surface area (Å²) in [7, 11) is 1.61. The zero-order chi connectivity index (χ0) is 25.8. The van der Waals surface area contributed by atoms with E-state index >= 15 is 0 Å². The van der Waals surface area contributed by atoms with Gasteiger partial charge in [-0.05, 0) is 79.8 Å². The summed E-state index contributed by atoms with van der Waals surface area (Å²) in [6, 6.07) is 15.9. The lowest BCUT2D eigenvalue weighted by Crippen LogP contribution is -2.35. The van der Waals surface area contributed by atoms with E-state index in [0.717, 1.165) is 62.1 Å². The van der Waals surface area contributed by atoms with E-state index in [9.17, 15) is 14.7 Å². The number of amides is 1. The normalized spacial score (nSPS) is 20.0. The lowest BCUT2D eigenvalue weighted by atomic mass is 9.82. The molecule has 194 valence electrons. The number of anilines is 1. The van der Waals surface area contributed by atoms with Crippen LogP contribution in [0.5, 0.6) is 11.6 Å². The summed E-state index contributed by atoms with van der Waals surface area (Å²) in [6.45, 7) is 1.14. The third kappa shape index (κ3) is 5.60. The number of nitrogens with zero attached hydrogens (tertiary/aromatic N) is 4. The van der Waals surface area contributed by atoms with Gasteiger partial charge in [0.05, 0.1) is 13.7 Å². The summed E-state index contributed by atoms with van der Waals surface area (Å²) in [5.74, 6) is 0.404. The Morgan fingerprint density at radius 3 is 2.41 bits per heavy atom. The van der Waals surface area contributed by atoms with Gasteiger partial charge in [-0.15, -0.1) is 5.10 Å². The molecule has 0 bridgehead atoms. The molecule has 5 rings (SSSR count). The van der Waals surface area contributed by atoms with E-state index in [1.54, 1.807) is 7.11 Å². The number of hydrogen-bond donors (Lipinski definition) is 1. The molecule has 2 aliphatic rings. The molecule has 0 radical (unpaired) electrons. The number of carbonyl (C=O) groups excluding carboxylic acids is 1. The van der Waals surface area contributed by atoms with Crippen LogP contribution in [0.1, 0.15) is 72.5 Å². The number of benzene rings is 2. The van der Waals surface area contributed by atoms with Crippen LogP contribution in [0, 0.1) is 0 Å². The number of carbonyl (C=O) groups is 2. The van der Waals surface area contributed by atoms with Gasteiger partial charge in [0.15, 0.2) is 0 Å². The van der Waals surface area contributed by atoms with Crippen molar-refractivity contribution in [3.63, 3.8) is 0 Å². The van der Waals surface area contributed by atoms with Crippen LogP contribution < -0.4 is 14.4 Å². The molecule has 9 nitrogen and oxygen atoms in total. The molecule has 2 fully saturated rings. The number of carboxylic acids is 1. The van der Waals surface area contributed by atoms with Crippen LogP contribution in [0.3, 0.4) is 0 Å². The molecule has 1 saturated carbocycles. The second-order valence-corrected chi connectivity index (χ2v) is 9.74. The van der Waals surface area contributed by atoms with Crippen LogP contribution in [0.15, 0.2) is 48.5 Å². The Hall–Kier alpha value is -3.88. The van der Waals surface area contributed by atoms with Crippen molar-refractivity contribution >= 4 is 17.6 Å². The Balaban J connectivity index is 1.22. The van der Waals surface area contributed by atoms with Crippen molar-refractivity contribution in [1.82, 2.24) is 15.0 Å². The highest BCUT2D eigenvalue weighted by Crippen LogP contribution is 2.36. The maximum atomic E-state index is 12.2. The molecule has 1 aliphatic carbocycles. The second-order valence-electron chi connectivity index (χ2n) is 9.74. The fourth-order valence-electron chi connectivity index (χ4n) is 5.24. The molecule has 2 aromatic carbocycles. The van der Waals surface area contributed by atoms with Gasteiger partial charge in [0.25, 0.3) is 0 Å². The van der Waals surface area contributed by atoms with Crippen LogP contribution >= 0.6 is 0 Å². The Morgan fingerprint density at radius 2 is 1.76 bits per heavy atom. The SMILES string of the molecule is COc1ccc(Cn2nnc(C(=O)O)c2O[C@H]2CC[C@@H](c3ccc(N4CCCCC4=O)cc3)CC2)cc1. The molecule has 9 heteroatoms. The number of aromatic carboxylic acids is 1. The van der Waals surface area contributed by atoms with Gasteiger partial charge in [0.1, 0.15) is 11.9 Å². The van der Waals surface area contributed by atoms with Crippen molar-refractivity contribution in [2.45, 2.75) is 63.5 Å². The monoisotopic (exact) mass is 504 g/mol. The molecule has 1 aliphatic heterocycles. The Labute approximate surface area is 216 Å². The van der Waals surface area contributed by atoms with Crippen LogP contribution in [0.2, 0.25) is 0 Å². The summed E-state index contributed by atoms with van der Waals surface area (Å²) in [6.07, 6.45) is 6.05. The Morgan fingerprint density at radius 1 is 1.03 bits per heavy atom. The first-order valence-electron chi connectivity index (χ1n) is 12.9. The van der Waals surface area contributed by atoms with Crippen molar-refractivity contribution in [1.29, 1.82) is 0 Å². The van der Waals surface area contributed by atoms with Crippen molar-refractivity contribution in [2.75, 3.05) is 18.6 Å². The lowest BCUT2D eigenvalue weighted by Gasteiger charge is -2.30. The molecule has 1 amide bonds. The van der Waals surface area contributed by atoms with Crippen molar-refractivity contribution in [3.05, 3.63) is 65.4 Å². The summed E-state index contributed by atoms with van der Waals surface area (Å²) >= 11 is 0. The van der Waals surface area contributed by atoms with Crippen molar-refractivity contribution in [2.24, 2.45) is 0 Å². The summed E-state index contributed by atoms with van der Waals surface area (Å²) < 4.78 is 12.9. The molecule has 1 N–H and O–H groups in total. The minimum atomic E-state index is -1.16. The zero-order valence-corrected chi connectivity index (χ0v) is 21.0. The third-order valence-electron chi connectivity index (χ3n) is 7.34. The standard InChI is InChI=1S/C28H32N4O5/c1-36-23-13-5-19(6-14-23)18-32-27(26(28(34)35)29-30-32)37-24-15-9-21(10-16-24)20-7-11-22(12-8-20)31-17-3-2-4-25(31)33/h5-8,11-14,21,24H,2-4,9-10,15-18H2,1H3,(H,34,35)/t21-,24+. The molecule has 0 atom stereocenters. The van der Waals surface area contributed by atoms with E-state index in [1.165, 1.54) is 10.2 Å². The van der Waals surface area contributed by atoms with E-state index in [-0.39, 0.29) is 23.6 Å². The number of ether oxygens (including phenoxy) is 2. The van der Waals surface area contributed by atoms with Gasteiger partial charge in [-0.25, -0.2) is 9.48 Å². The number of piperidine rings is 1. The van der Waals surface area contributed by atoms with Crippen LogP contribution in [-0.4, -0.2) is 51.7 Å². The second kappa shape index (κ2) is 11.0. The van der Waals surface area contributed by atoms with E-state index in [1.807, 2.05) is 29.2 Å². The smallest absolute Gasteiger partial charge is 0.362 e. The Kier molecular flexibility index (Phi) is 7.39. The largest absolute Gasteiger partial charge is 0.497 e. The maximum Gasteiger partial charge on any atom is 0.362 e. The minimum Gasteiger partial charge on any atom is -0.497 e. The van der Waals surface area contributed by atoms with Gasteiger partial charge in [0.2, 0.25) is 17.5 Å².